The maximum Gasteiger partial charge on any atom is 0.0594 e. The lowest BCUT2D eigenvalue weighted by Crippen LogP contribution is -2.41. The molecule has 0 saturated carbocycles. The third-order valence-corrected chi connectivity index (χ3v) is 2.68. The van der Waals surface area contributed by atoms with Crippen molar-refractivity contribution in [2.45, 2.75) is 6.42 Å². The molecular formula is C10H22N2O2. The molecule has 0 bridgehead atoms. The van der Waals surface area contributed by atoms with Gasteiger partial charge in [-0.1, -0.05) is 0 Å². The fraction of sp³-hybridized carbons (Fsp3) is 1.00. The monoisotopic (exact) mass is 202 g/mol. The zero-order valence-electron chi connectivity index (χ0n) is 9.08. The van der Waals surface area contributed by atoms with Crippen LogP contribution in [0.15, 0.2) is 0 Å². The molecule has 0 amide bonds. The van der Waals surface area contributed by atoms with E-state index in [2.05, 4.69) is 4.90 Å². The lowest BCUT2D eigenvalue weighted by Gasteiger charge is -2.29. The summed E-state index contributed by atoms with van der Waals surface area (Å²) in [5.74, 6) is 0.563. The quantitative estimate of drug-likeness (QED) is 0.655. The van der Waals surface area contributed by atoms with E-state index >= 15 is 0 Å². The highest BCUT2D eigenvalue weighted by molar-refractivity contribution is 4.69. The second-order valence-electron chi connectivity index (χ2n) is 3.80. The van der Waals surface area contributed by atoms with Crippen molar-refractivity contribution in [2.24, 2.45) is 11.7 Å². The van der Waals surface area contributed by atoms with Gasteiger partial charge in [-0.2, -0.15) is 0 Å². The van der Waals surface area contributed by atoms with Crippen molar-refractivity contribution in [2.75, 3.05) is 53.1 Å². The maximum absolute atomic E-state index is 5.72. The van der Waals surface area contributed by atoms with Gasteiger partial charge in [0, 0.05) is 33.4 Å². The number of nitrogens with two attached hydrogens (primary N) is 1. The van der Waals surface area contributed by atoms with Gasteiger partial charge in [-0.15, -0.1) is 0 Å². The van der Waals surface area contributed by atoms with Crippen LogP contribution in [0.25, 0.3) is 0 Å². The van der Waals surface area contributed by atoms with E-state index in [1.165, 1.54) is 0 Å². The van der Waals surface area contributed by atoms with E-state index in [-0.39, 0.29) is 0 Å². The molecule has 2 N–H and O–H groups in total. The number of methoxy groups -OCH3 is 1. The fourth-order valence-corrected chi connectivity index (χ4v) is 1.72. The molecule has 0 spiro atoms. The molecule has 0 aromatic heterocycles. The Bertz CT molecular complexity index is 138. The molecule has 4 heteroatoms. The molecule has 1 heterocycles. The van der Waals surface area contributed by atoms with Crippen molar-refractivity contribution < 1.29 is 9.47 Å². The molecule has 1 aliphatic heterocycles. The molecule has 0 radical (unpaired) electrons. The van der Waals surface area contributed by atoms with Crippen LogP contribution in [-0.2, 0) is 9.47 Å². The third-order valence-electron chi connectivity index (χ3n) is 2.68. The third kappa shape index (κ3) is 4.37. The number of ether oxygens (including phenoxy) is 2. The van der Waals surface area contributed by atoms with Gasteiger partial charge in [-0.25, -0.2) is 0 Å². The summed E-state index contributed by atoms with van der Waals surface area (Å²) in [6.45, 7) is 6.46. The summed E-state index contributed by atoms with van der Waals surface area (Å²) in [5, 5.41) is 0. The van der Waals surface area contributed by atoms with Gasteiger partial charge < -0.3 is 15.2 Å². The highest BCUT2D eigenvalue weighted by Crippen LogP contribution is 2.06. The SMILES string of the molecule is COCCC(CN)CN1CCOCC1. The summed E-state index contributed by atoms with van der Waals surface area (Å²) in [7, 11) is 1.74. The molecular weight excluding hydrogens is 180 g/mol. The van der Waals surface area contributed by atoms with Gasteiger partial charge in [0.25, 0.3) is 0 Å². The van der Waals surface area contributed by atoms with Crippen LogP contribution >= 0.6 is 0 Å². The van der Waals surface area contributed by atoms with Crippen molar-refractivity contribution in [3.63, 3.8) is 0 Å². The van der Waals surface area contributed by atoms with E-state index < -0.39 is 0 Å². The first-order valence-corrected chi connectivity index (χ1v) is 5.36. The minimum Gasteiger partial charge on any atom is -0.385 e. The molecule has 0 aromatic rings. The first-order valence-electron chi connectivity index (χ1n) is 5.36. The molecule has 1 saturated heterocycles. The Labute approximate surface area is 86.3 Å². The van der Waals surface area contributed by atoms with Crippen LogP contribution in [0, 0.1) is 5.92 Å². The number of rotatable bonds is 6. The van der Waals surface area contributed by atoms with Gasteiger partial charge in [-0.3, -0.25) is 4.90 Å². The van der Waals surface area contributed by atoms with E-state index in [9.17, 15) is 0 Å². The summed E-state index contributed by atoms with van der Waals surface area (Å²) in [5.41, 5.74) is 5.72. The van der Waals surface area contributed by atoms with Gasteiger partial charge in [0.1, 0.15) is 0 Å². The predicted octanol–water partition coefficient (Wildman–Crippen LogP) is -0.0700. The Morgan fingerprint density at radius 3 is 2.71 bits per heavy atom. The van der Waals surface area contributed by atoms with Gasteiger partial charge in [0.2, 0.25) is 0 Å². The van der Waals surface area contributed by atoms with Crippen molar-refractivity contribution in [1.29, 1.82) is 0 Å². The largest absolute Gasteiger partial charge is 0.385 e. The van der Waals surface area contributed by atoms with E-state index in [4.69, 9.17) is 15.2 Å². The topological polar surface area (TPSA) is 47.7 Å². The van der Waals surface area contributed by atoms with E-state index in [0.717, 1.165) is 52.4 Å². The van der Waals surface area contributed by atoms with Crippen molar-refractivity contribution in [1.82, 2.24) is 4.90 Å². The molecule has 1 unspecified atom stereocenters. The lowest BCUT2D eigenvalue weighted by atomic mass is 10.1. The molecule has 1 aliphatic rings. The Balaban J connectivity index is 2.16. The Hall–Kier alpha value is -0.160. The maximum atomic E-state index is 5.72. The summed E-state index contributed by atoms with van der Waals surface area (Å²) < 4.78 is 10.4. The van der Waals surface area contributed by atoms with Crippen molar-refractivity contribution in [3.8, 4) is 0 Å². The second kappa shape index (κ2) is 7.17. The normalized spacial score (nSPS) is 21.0. The van der Waals surface area contributed by atoms with E-state index in [1.54, 1.807) is 7.11 Å². The minimum absolute atomic E-state index is 0.563. The Kier molecular flexibility index (Phi) is 6.10. The fourth-order valence-electron chi connectivity index (χ4n) is 1.72. The molecule has 14 heavy (non-hydrogen) atoms. The van der Waals surface area contributed by atoms with Crippen LogP contribution in [0.5, 0.6) is 0 Å². The smallest absolute Gasteiger partial charge is 0.0594 e. The first-order chi connectivity index (χ1) is 6.86. The number of morpholine rings is 1. The highest BCUT2D eigenvalue weighted by Gasteiger charge is 2.15. The van der Waals surface area contributed by atoms with Crippen LogP contribution in [0.1, 0.15) is 6.42 Å². The summed E-state index contributed by atoms with van der Waals surface area (Å²) >= 11 is 0. The van der Waals surface area contributed by atoms with Gasteiger partial charge in [0.05, 0.1) is 13.2 Å². The molecule has 0 aliphatic carbocycles. The van der Waals surface area contributed by atoms with Gasteiger partial charge in [-0.05, 0) is 18.9 Å². The van der Waals surface area contributed by atoms with Gasteiger partial charge in [0.15, 0.2) is 0 Å². The molecule has 0 aromatic carbocycles. The zero-order valence-corrected chi connectivity index (χ0v) is 9.08. The highest BCUT2D eigenvalue weighted by atomic mass is 16.5. The number of nitrogens with zero attached hydrogens (tertiary/aromatic N) is 1. The molecule has 4 nitrogen and oxygen atoms in total. The van der Waals surface area contributed by atoms with Crippen LogP contribution < -0.4 is 5.73 Å². The average molecular weight is 202 g/mol. The Morgan fingerprint density at radius 1 is 1.43 bits per heavy atom. The summed E-state index contributed by atoms with van der Waals surface area (Å²) in [6, 6.07) is 0. The second-order valence-corrected chi connectivity index (χ2v) is 3.80. The lowest BCUT2D eigenvalue weighted by molar-refractivity contribution is 0.0287. The van der Waals surface area contributed by atoms with E-state index in [0.29, 0.717) is 5.92 Å². The zero-order chi connectivity index (χ0) is 10.2. The van der Waals surface area contributed by atoms with Crippen LogP contribution in [0.4, 0.5) is 0 Å². The van der Waals surface area contributed by atoms with Crippen LogP contribution in [-0.4, -0.2) is 58.0 Å². The molecule has 1 fully saturated rings. The minimum atomic E-state index is 0.563. The average Bonchev–Trinajstić information content (AvgIpc) is 2.25. The van der Waals surface area contributed by atoms with Crippen LogP contribution in [0.3, 0.4) is 0 Å². The van der Waals surface area contributed by atoms with Crippen LogP contribution in [0.2, 0.25) is 0 Å². The molecule has 1 atom stereocenters. The van der Waals surface area contributed by atoms with Crippen molar-refractivity contribution in [3.05, 3.63) is 0 Å². The van der Waals surface area contributed by atoms with Crippen molar-refractivity contribution >= 4 is 0 Å². The Morgan fingerprint density at radius 2 is 2.14 bits per heavy atom. The number of hydrogen-bond acceptors (Lipinski definition) is 4. The summed E-state index contributed by atoms with van der Waals surface area (Å²) in [6.07, 6.45) is 1.06. The standard InChI is InChI=1S/C10H22N2O2/c1-13-5-2-10(8-11)9-12-3-6-14-7-4-12/h10H,2-9,11H2,1H3. The first kappa shape index (κ1) is 11.9. The molecule has 84 valence electrons. The van der Waals surface area contributed by atoms with E-state index in [1.807, 2.05) is 0 Å². The van der Waals surface area contributed by atoms with Gasteiger partial charge >= 0.3 is 0 Å². The predicted molar refractivity (Wildman–Crippen MR) is 56.3 cm³/mol. The number of hydrogen-bond donors (Lipinski definition) is 1. The molecule has 1 rings (SSSR count). The summed E-state index contributed by atoms with van der Waals surface area (Å²) in [4.78, 5) is 2.43.